The Labute approximate surface area is 306 Å². The quantitative estimate of drug-likeness (QED) is 0.0303. The van der Waals surface area contributed by atoms with Gasteiger partial charge in [-0.05, 0) is 25.7 Å². The molecule has 0 saturated carbocycles. The van der Waals surface area contributed by atoms with E-state index in [0.29, 0.717) is 12.8 Å². The maximum atomic E-state index is 12.5. The molecule has 2 unspecified atom stereocenters. The van der Waals surface area contributed by atoms with Gasteiger partial charge >= 0.3 is 17.9 Å². The van der Waals surface area contributed by atoms with Crippen LogP contribution >= 0.6 is 0 Å². The lowest BCUT2D eigenvalue weighted by atomic mass is 10.0. The molecule has 0 aliphatic rings. The lowest BCUT2D eigenvalue weighted by molar-refractivity contribution is -0.887. The second kappa shape index (κ2) is 33.7. The van der Waals surface area contributed by atoms with Crippen LogP contribution in [0.1, 0.15) is 162 Å². The third-order valence-corrected chi connectivity index (χ3v) is 8.84. The van der Waals surface area contributed by atoms with E-state index in [0.717, 1.165) is 38.5 Å². The van der Waals surface area contributed by atoms with Gasteiger partial charge in [0.25, 0.3) is 0 Å². The molecule has 8 heteroatoms. The number of hydrogen-bond acceptors (Lipinski definition) is 6. The molecule has 0 aromatic heterocycles. The van der Waals surface area contributed by atoms with Crippen LogP contribution in [0.4, 0.5) is 0 Å². The Bertz CT molecular complexity index is 922. The molecule has 0 saturated heterocycles. The minimum atomic E-state index is -0.888. The number of carboxylic acids is 1. The van der Waals surface area contributed by atoms with Gasteiger partial charge < -0.3 is 23.8 Å². The standard InChI is InChI=1S/C42H75NO7/c1-6-8-10-12-14-16-17-18-19-20-21-22-23-25-26-28-30-32-40(44)49-37-38(36-48-35-34-39(42(46)47)43(3,4)5)50-41(45)33-31-29-27-24-15-13-11-9-7-2/h9,11,15,24,29,31,38-39H,6-8,10,12-14,16-23,25-28,30,32-37H2,1-5H3/p+1/b11-9+,24-15+,31-29+. The number of esters is 2. The Hall–Kier alpha value is -2.45. The van der Waals surface area contributed by atoms with Crippen LogP contribution in [0.2, 0.25) is 0 Å². The average molecular weight is 707 g/mol. The summed E-state index contributed by atoms with van der Waals surface area (Å²) >= 11 is 0. The predicted molar refractivity (Wildman–Crippen MR) is 206 cm³/mol. The van der Waals surface area contributed by atoms with Crippen LogP contribution in [0.3, 0.4) is 0 Å². The van der Waals surface area contributed by atoms with Crippen LogP contribution in [0, 0.1) is 0 Å². The molecule has 0 aromatic rings. The van der Waals surface area contributed by atoms with Crippen molar-refractivity contribution in [2.75, 3.05) is 41.0 Å². The normalized spacial score (nSPS) is 13.4. The molecule has 0 fully saturated rings. The molecule has 0 aliphatic carbocycles. The first kappa shape index (κ1) is 47.5. The van der Waals surface area contributed by atoms with Crippen LogP contribution in [0.5, 0.6) is 0 Å². The number of carbonyl (C=O) groups excluding carboxylic acids is 2. The third-order valence-electron chi connectivity index (χ3n) is 8.84. The number of hydrogen-bond donors (Lipinski definition) is 1. The van der Waals surface area contributed by atoms with Gasteiger partial charge in [-0.3, -0.25) is 9.59 Å². The fourth-order valence-corrected chi connectivity index (χ4v) is 5.74. The number of ether oxygens (including phenoxy) is 3. The summed E-state index contributed by atoms with van der Waals surface area (Å²) in [5.74, 6) is -1.62. The van der Waals surface area contributed by atoms with Crippen molar-refractivity contribution in [2.45, 2.75) is 174 Å². The number of carboxylic acid groups (broad SMARTS) is 1. The number of rotatable bonds is 35. The smallest absolute Gasteiger partial charge is 0.362 e. The van der Waals surface area contributed by atoms with Gasteiger partial charge in [0, 0.05) is 12.8 Å². The molecule has 0 spiro atoms. The summed E-state index contributed by atoms with van der Waals surface area (Å²) in [6, 6.07) is -0.625. The molecule has 2 atom stereocenters. The van der Waals surface area contributed by atoms with E-state index in [2.05, 4.69) is 38.2 Å². The largest absolute Gasteiger partial charge is 0.477 e. The highest BCUT2D eigenvalue weighted by Gasteiger charge is 2.31. The van der Waals surface area contributed by atoms with Crippen molar-refractivity contribution in [3.63, 3.8) is 0 Å². The Morgan fingerprint density at radius 2 is 1.10 bits per heavy atom. The molecular formula is C42H76NO7+. The van der Waals surface area contributed by atoms with Crippen molar-refractivity contribution in [3.8, 4) is 0 Å². The number of carbonyl (C=O) groups is 3. The van der Waals surface area contributed by atoms with Gasteiger partial charge in [-0.1, -0.05) is 153 Å². The summed E-state index contributed by atoms with van der Waals surface area (Å²) in [6.07, 6.45) is 36.6. The van der Waals surface area contributed by atoms with E-state index >= 15 is 0 Å². The number of likely N-dealkylation sites (N-methyl/N-ethyl adjacent to an activating group) is 1. The first-order valence-electron chi connectivity index (χ1n) is 20.0. The summed E-state index contributed by atoms with van der Waals surface area (Å²) in [5.41, 5.74) is 0. The zero-order valence-electron chi connectivity index (χ0n) is 32.8. The van der Waals surface area contributed by atoms with Crippen LogP contribution < -0.4 is 0 Å². The third kappa shape index (κ3) is 31.5. The van der Waals surface area contributed by atoms with Gasteiger partial charge in [0.1, 0.15) is 6.61 Å². The van der Waals surface area contributed by atoms with E-state index in [4.69, 9.17) is 14.2 Å². The van der Waals surface area contributed by atoms with E-state index in [9.17, 15) is 19.5 Å². The number of unbranched alkanes of at least 4 members (excludes halogenated alkanes) is 16. The van der Waals surface area contributed by atoms with E-state index in [1.807, 2.05) is 27.2 Å². The zero-order chi connectivity index (χ0) is 37.1. The van der Waals surface area contributed by atoms with Crippen molar-refractivity contribution >= 4 is 17.9 Å². The second-order valence-corrected chi connectivity index (χ2v) is 14.5. The lowest BCUT2D eigenvalue weighted by Crippen LogP contribution is -2.50. The molecule has 0 amide bonds. The molecule has 50 heavy (non-hydrogen) atoms. The number of nitrogens with zero attached hydrogens (tertiary/aromatic N) is 1. The van der Waals surface area contributed by atoms with Crippen LogP contribution in [-0.4, -0.2) is 80.6 Å². The van der Waals surface area contributed by atoms with E-state index in [1.165, 1.54) is 89.9 Å². The summed E-state index contributed by atoms with van der Waals surface area (Å²) in [6.45, 7) is 4.50. The van der Waals surface area contributed by atoms with Gasteiger partial charge in [0.15, 0.2) is 12.1 Å². The maximum absolute atomic E-state index is 12.5. The topological polar surface area (TPSA) is 99.1 Å². The van der Waals surface area contributed by atoms with Crippen molar-refractivity contribution in [2.24, 2.45) is 0 Å². The molecular weight excluding hydrogens is 630 g/mol. The van der Waals surface area contributed by atoms with E-state index in [-0.39, 0.29) is 36.7 Å². The summed E-state index contributed by atoms with van der Waals surface area (Å²) in [7, 11) is 5.49. The summed E-state index contributed by atoms with van der Waals surface area (Å²) in [4.78, 5) is 36.7. The molecule has 0 heterocycles. The predicted octanol–water partition coefficient (Wildman–Crippen LogP) is 10.3. The van der Waals surface area contributed by atoms with E-state index in [1.54, 1.807) is 6.08 Å². The van der Waals surface area contributed by atoms with Crippen LogP contribution in [0.15, 0.2) is 36.5 Å². The highest BCUT2D eigenvalue weighted by atomic mass is 16.6. The second-order valence-electron chi connectivity index (χ2n) is 14.5. The first-order chi connectivity index (χ1) is 24.1. The summed E-state index contributed by atoms with van der Waals surface area (Å²) < 4.78 is 17.1. The Morgan fingerprint density at radius 3 is 1.58 bits per heavy atom. The van der Waals surface area contributed by atoms with Crippen LogP contribution in [-0.2, 0) is 28.6 Å². The first-order valence-corrected chi connectivity index (χ1v) is 20.0. The highest BCUT2D eigenvalue weighted by molar-refractivity contribution is 5.72. The van der Waals surface area contributed by atoms with Gasteiger partial charge in [-0.2, -0.15) is 0 Å². The minimum absolute atomic E-state index is 0.0271. The molecule has 0 rings (SSSR count). The van der Waals surface area contributed by atoms with Crippen molar-refractivity contribution in [1.29, 1.82) is 0 Å². The van der Waals surface area contributed by atoms with Gasteiger partial charge in [0.2, 0.25) is 0 Å². The lowest BCUT2D eigenvalue weighted by Gasteiger charge is -2.31. The maximum Gasteiger partial charge on any atom is 0.362 e. The number of quaternary nitrogens is 1. The molecule has 1 N–H and O–H groups in total. The average Bonchev–Trinajstić information content (AvgIpc) is 3.06. The fraction of sp³-hybridized carbons (Fsp3) is 0.786. The molecule has 290 valence electrons. The molecule has 0 radical (unpaired) electrons. The number of allylic oxidation sites excluding steroid dienone is 5. The van der Waals surface area contributed by atoms with Crippen molar-refractivity contribution in [1.82, 2.24) is 0 Å². The Morgan fingerprint density at radius 1 is 0.620 bits per heavy atom. The molecule has 0 bridgehead atoms. The molecule has 8 nitrogen and oxygen atoms in total. The van der Waals surface area contributed by atoms with E-state index < -0.39 is 24.1 Å². The number of aliphatic carboxylic acids is 1. The van der Waals surface area contributed by atoms with Gasteiger partial charge in [-0.25, -0.2) is 4.79 Å². The van der Waals surface area contributed by atoms with Crippen LogP contribution in [0.25, 0.3) is 0 Å². The van der Waals surface area contributed by atoms with Gasteiger partial charge in [0.05, 0.1) is 40.8 Å². The minimum Gasteiger partial charge on any atom is -0.477 e. The molecule has 0 aliphatic heterocycles. The summed E-state index contributed by atoms with van der Waals surface area (Å²) in [5, 5.41) is 9.57. The fourth-order valence-electron chi connectivity index (χ4n) is 5.74. The SMILES string of the molecule is CC/C=C/C/C=C/C/C=C/CC(=O)OC(COCCC(C(=O)O)[N+](C)(C)C)COC(=O)CCCCCCCCCCCCCCCCCCC. The zero-order valence-corrected chi connectivity index (χ0v) is 32.8. The Kier molecular flexibility index (Phi) is 32.0. The monoisotopic (exact) mass is 707 g/mol. The van der Waals surface area contributed by atoms with Crippen molar-refractivity contribution < 1.29 is 38.2 Å². The highest BCUT2D eigenvalue weighted by Crippen LogP contribution is 2.15. The Balaban J connectivity index is 4.35. The molecule has 0 aromatic carbocycles. The van der Waals surface area contributed by atoms with Gasteiger partial charge in [-0.15, -0.1) is 0 Å². The van der Waals surface area contributed by atoms with Crippen molar-refractivity contribution in [3.05, 3.63) is 36.5 Å².